The minimum Gasteiger partial charge on any atom is -0.406 e. The van der Waals surface area contributed by atoms with Crippen LogP contribution in [0, 0.1) is 13.8 Å². The molecule has 32 heavy (non-hydrogen) atoms. The molecule has 0 radical (unpaired) electrons. The molecule has 0 atom stereocenters. The molecule has 1 aliphatic carbocycles. The van der Waals surface area contributed by atoms with Gasteiger partial charge < -0.3 is 15.4 Å². The Bertz CT molecular complexity index is 954. The summed E-state index contributed by atoms with van der Waals surface area (Å²) < 4.78 is 41.0. The third kappa shape index (κ3) is 7.26. The summed E-state index contributed by atoms with van der Waals surface area (Å²) in [5, 5.41) is 5.53. The number of benzene rings is 2. The minimum absolute atomic E-state index is 0.109. The topological polar surface area (TPSA) is 70.7 Å². The number of amides is 2. The predicted molar refractivity (Wildman–Crippen MR) is 116 cm³/mol. The van der Waals surface area contributed by atoms with Crippen LogP contribution >= 0.6 is 0 Å². The summed E-state index contributed by atoms with van der Waals surface area (Å²) >= 11 is 0. The van der Waals surface area contributed by atoms with E-state index in [0.29, 0.717) is 6.54 Å². The molecule has 9 heteroatoms. The molecule has 2 aromatic rings. The highest BCUT2D eigenvalue weighted by Gasteiger charge is 2.32. The number of rotatable bonds is 9. The standard InChI is InChI=1S/C23H26F3N3O3/c1-15-5-3-6-16(2)22(15)28-21(31)14-29(18-9-10-18)12-11-20(30)27-17-7-4-8-19(13-17)32-23(24,25)26/h3-8,13,18H,9-12,14H2,1-2H3,(H,27,30)(H,28,31). The van der Waals surface area contributed by atoms with E-state index in [1.54, 1.807) is 0 Å². The Hall–Kier alpha value is -3.07. The lowest BCUT2D eigenvalue weighted by molar-refractivity contribution is -0.274. The third-order valence-electron chi connectivity index (χ3n) is 5.13. The average molecular weight is 449 g/mol. The van der Waals surface area contributed by atoms with Crippen LogP contribution in [-0.2, 0) is 9.59 Å². The molecule has 1 aliphatic rings. The summed E-state index contributed by atoms with van der Waals surface area (Å²) in [6.45, 7) is 4.40. The maximum atomic E-state index is 12.6. The van der Waals surface area contributed by atoms with Crippen molar-refractivity contribution in [1.82, 2.24) is 4.90 Å². The number of carbonyl (C=O) groups is 2. The number of nitrogens with zero attached hydrogens (tertiary/aromatic N) is 1. The predicted octanol–water partition coefficient (Wildman–Crippen LogP) is 4.63. The van der Waals surface area contributed by atoms with E-state index in [0.717, 1.165) is 41.8 Å². The van der Waals surface area contributed by atoms with E-state index in [1.807, 2.05) is 36.9 Å². The molecule has 0 aromatic heterocycles. The second-order valence-electron chi connectivity index (χ2n) is 7.89. The van der Waals surface area contributed by atoms with Crippen molar-refractivity contribution in [2.45, 2.75) is 45.5 Å². The van der Waals surface area contributed by atoms with Crippen LogP contribution in [0.2, 0.25) is 0 Å². The number of anilines is 2. The van der Waals surface area contributed by atoms with Crippen molar-refractivity contribution < 1.29 is 27.5 Å². The highest BCUT2D eigenvalue weighted by atomic mass is 19.4. The lowest BCUT2D eigenvalue weighted by Gasteiger charge is -2.22. The molecular weight excluding hydrogens is 423 g/mol. The SMILES string of the molecule is Cc1cccc(C)c1NC(=O)CN(CCC(=O)Nc1cccc(OC(F)(F)F)c1)C1CC1. The monoisotopic (exact) mass is 449 g/mol. The molecule has 2 N–H and O–H groups in total. The summed E-state index contributed by atoms with van der Waals surface area (Å²) in [7, 11) is 0. The zero-order chi connectivity index (χ0) is 23.3. The van der Waals surface area contributed by atoms with Gasteiger partial charge in [0.1, 0.15) is 5.75 Å². The van der Waals surface area contributed by atoms with Gasteiger partial charge in [-0.2, -0.15) is 0 Å². The van der Waals surface area contributed by atoms with Gasteiger partial charge in [0.25, 0.3) is 0 Å². The number of hydrogen-bond acceptors (Lipinski definition) is 4. The summed E-state index contributed by atoms with van der Waals surface area (Å²) in [5.74, 6) is -0.903. The molecule has 1 fully saturated rings. The fourth-order valence-corrected chi connectivity index (χ4v) is 3.45. The van der Waals surface area contributed by atoms with E-state index in [9.17, 15) is 22.8 Å². The molecule has 2 amide bonds. The molecule has 0 spiro atoms. The van der Waals surface area contributed by atoms with Gasteiger partial charge in [0.15, 0.2) is 0 Å². The Morgan fingerprint density at radius 3 is 2.31 bits per heavy atom. The van der Waals surface area contributed by atoms with Crippen LogP contribution in [0.4, 0.5) is 24.5 Å². The lowest BCUT2D eigenvalue weighted by atomic mass is 10.1. The van der Waals surface area contributed by atoms with E-state index in [2.05, 4.69) is 15.4 Å². The normalized spacial score (nSPS) is 13.7. The van der Waals surface area contributed by atoms with Crippen molar-refractivity contribution in [3.8, 4) is 5.75 Å². The van der Waals surface area contributed by atoms with Crippen molar-refractivity contribution in [2.24, 2.45) is 0 Å². The third-order valence-corrected chi connectivity index (χ3v) is 5.13. The summed E-state index contributed by atoms with van der Waals surface area (Å²) in [6.07, 6.45) is -2.76. The molecule has 172 valence electrons. The van der Waals surface area contributed by atoms with Gasteiger partial charge in [-0.3, -0.25) is 14.5 Å². The van der Waals surface area contributed by atoms with Gasteiger partial charge in [-0.1, -0.05) is 24.3 Å². The Balaban J connectivity index is 1.52. The van der Waals surface area contributed by atoms with Crippen molar-refractivity contribution in [2.75, 3.05) is 23.7 Å². The average Bonchev–Trinajstić information content (AvgIpc) is 3.52. The molecule has 0 heterocycles. The first kappa shape index (κ1) is 23.6. The van der Waals surface area contributed by atoms with Crippen LogP contribution in [-0.4, -0.2) is 42.2 Å². The van der Waals surface area contributed by atoms with Gasteiger partial charge in [0.05, 0.1) is 6.54 Å². The van der Waals surface area contributed by atoms with E-state index in [4.69, 9.17) is 0 Å². The quantitative estimate of drug-likeness (QED) is 0.586. The van der Waals surface area contributed by atoms with E-state index >= 15 is 0 Å². The molecule has 2 aromatic carbocycles. The number of halogens is 3. The second-order valence-corrected chi connectivity index (χ2v) is 7.89. The van der Waals surface area contributed by atoms with Crippen molar-refractivity contribution in [3.05, 3.63) is 53.6 Å². The molecule has 0 bridgehead atoms. The fraction of sp³-hybridized carbons (Fsp3) is 0.391. The van der Waals surface area contributed by atoms with Gasteiger partial charge in [-0.15, -0.1) is 13.2 Å². The van der Waals surface area contributed by atoms with Crippen LogP contribution in [0.5, 0.6) is 5.75 Å². The number of nitrogens with one attached hydrogen (secondary N) is 2. The maximum Gasteiger partial charge on any atom is 0.573 e. The number of ether oxygens (including phenoxy) is 1. The Labute approximate surface area is 184 Å². The van der Waals surface area contributed by atoms with Gasteiger partial charge in [-0.05, 0) is 49.9 Å². The Morgan fingerprint density at radius 2 is 1.69 bits per heavy atom. The molecule has 0 aliphatic heterocycles. The summed E-state index contributed by atoms with van der Waals surface area (Å²) in [6, 6.07) is 11.2. The lowest BCUT2D eigenvalue weighted by Crippen LogP contribution is -2.37. The maximum absolute atomic E-state index is 12.6. The molecule has 1 saturated carbocycles. The fourth-order valence-electron chi connectivity index (χ4n) is 3.45. The molecule has 0 saturated heterocycles. The number of carbonyl (C=O) groups excluding carboxylic acids is 2. The van der Waals surface area contributed by atoms with Gasteiger partial charge in [-0.25, -0.2) is 0 Å². The van der Waals surface area contributed by atoms with Crippen LogP contribution in [0.15, 0.2) is 42.5 Å². The minimum atomic E-state index is -4.80. The van der Waals surface area contributed by atoms with E-state index in [1.165, 1.54) is 12.1 Å². The molecule has 0 unspecified atom stereocenters. The first-order chi connectivity index (χ1) is 15.1. The molecule has 3 rings (SSSR count). The highest BCUT2D eigenvalue weighted by molar-refractivity contribution is 5.94. The smallest absolute Gasteiger partial charge is 0.406 e. The number of hydrogen-bond donors (Lipinski definition) is 2. The van der Waals surface area contributed by atoms with Crippen LogP contribution in [0.1, 0.15) is 30.4 Å². The van der Waals surface area contributed by atoms with Gasteiger partial charge in [0.2, 0.25) is 11.8 Å². The zero-order valence-electron chi connectivity index (χ0n) is 18.0. The van der Waals surface area contributed by atoms with Crippen molar-refractivity contribution in [3.63, 3.8) is 0 Å². The number of alkyl halides is 3. The molecular formula is C23H26F3N3O3. The van der Waals surface area contributed by atoms with Crippen molar-refractivity contribution >= 4 is 23.2 Å². The van der Waals surface area contributed by atoms with E-state index in [-0.39, 0.29) is 36.5 Å². The zero-order valence-corrected chi connectivity index (χ0v) is 18.0. The number of aryl methyl sites for hydroxylation is 2. The van der Waals surface area contributed by atoms with Gasteiger partial charge in [0, 0.05) is 36.4 Å². The van der Waals surface area contributed by atoms with Crippen LogP contribution in [0.25, 0.3) is 0 Å². The van der Waals surface area contributed by atoms with Crippen LogP contribution < -0.4 is 15.4 Å². The largest absolute Gasteiger partial charge is 0.573 e. The van der Waals surface area contributed by atoms with Crippen LogP contribution in [0.3, 0.4) is 0 Å². The van der Waals surface area contributed by atoms with Gasteiger partial charge >= 0.3 is 6.36 Å². The highest BCUT2D eigenvalue weighted by Crippen LogP contribution is 2.28. The Kier molecular flexibility index (Phi) is 7.40. The summed E-state index contributed by atoms with van der Waals surface area (Å²) in [5.41, 5.74) is 2.97. The van der Waals surface area contributed by atoms with E-state index < -0.39 is 12.1 Å². The molecule has 6 nitrogen and oxygen atoms in total. The Morgan fingerprint density at radius 1 is 1.03 bits per heavy atom. The van der Waals surface area contributed by atoms with Crippen molar-refractivity contribution in [1.29, 1.82) is 0 Å². The summed E-state index contributed by atoms with van der Waals surface area (Å²) in [4.78, 5) is 26.9. The number of para-hydroxylation sites is 1. The second kappa shape index (κ2) is 10.0. The first-order valence-corrected chi connectivity index (χ1v) is 10.4. The first-order valence-electron chi connectivity index (χ1n) is 10.4.